The molecule has 6 heteroatoms. The van der Waals surface area contributed by atoms with Crippen molar-refractivity contribution in [2.75, 3.05) is 0 Å². The first-order valence-electron chi connectivity index (χ1n) is 5.95. The van der Waals surface area contributed by atoms with Crippen LogP contribution in [-0.2, 0) is 0 Å². The van der Waals surface area contributed by atoms with Crippen molar-refractivity contribution in [1.82, 2.24) is 0 Å². The van der Waals surface area contributed by atoms with Crippen LogP contribution in [0.15, 0.2) is 50.1 Å². The maximum Gasteiger partial charge on any atom is 0.201 e. The summed E-state index contributed by atoms with van der Waals surface area (Å²) in [5.41, 5.74) is 0.139. The molecular formula is C15H9BrO5. The molecule has 106 valence electrons. The van der Waals surface area contributed by atoms with E-state index < -0.39 is 22.7 Å². The van der Waals surface area contributed by atoms with E-state index in [2.05, 4.69) is 15.9 Å². The zero-order valence-electron chi connectivity index (χ0n) is 10.5. The highest BCUT2D eigenvalue weighted by molar-refractivity contribution is 9.10. The fraction of sp³-hybridized carbons (Fsp3) is 0. The van der Waals surface area contributed by atoms with Crippen LogP contribution in [0.2, 0.25) is 0 Å². The zero-order chi connectivity index (χ0) is 15.1. The first-order chi connectivity index (χ1) is 9.97. The van der Waals surface area contributed by atoms with Gasteiger partial charge in [0.1, 0.15) is 16.7 Å². The lowest BCUT2D eigenvalue weighted by Gasteiger charge is -2.07. The summed E-state index contributed by atoms with van der Waals surface area (Å²) in [5.74, 6) is -1.71. The van der Waals surface area contributed by atoms with Gasteiger partial charge in [0.2, 0.25) is 5.75 Å². The smallest absolute Gasteiger partial charge is 0.201 e. The predicted octanol–water partition coefficient (Wildman–Crippen LogP) is 3.34. The second-order valence-electron chi connectivity index (χ2n) is 4.45. The topological polar surface area (TPSA) is 90.9 Å². The summed E-state index contributed by atoms with van der Waals surface area (Å²) in [6.45, 7) is 0. The summed E-state index contributed by atoms with van der Waals surface area (Å²) in [7, 11) is 0. The fourth-order valence-electron chi connectivity index (χ4n) is 2.06. The summed E-state index contributed by atoms with van der Waals surface area (Å²) < 4.78 is 6.37. The summed E-state index contributed by atoms with van der Waals surface area (Å²) >= 11 is 3.33. The van der Waals surface area contributed by atoms with Gasteiger partial charge in [-0.25, -0.2) is 0 Å². The molecule has 5 nitrogen and oxygen atoms in total. The quantitative estimate of drug-likeness (QED) is 0.586. The summed E-state index contributed by atoms with van der Waals surface area (Å²) in [5, 5.41) is 28.6. The fourth-order valence-corrected chi connectivity index (χ4v) is 2.46. The minimum atomic E-state index is -0.745. The van der Waals surface area contributed by atoms with Gasteiger partial charge < -0.3 is 19.7 Å². The lowest BCUT2D eigenvalue weighted by molar-refractivity contribution is 0.370. The number of aromatic hydroxyl groups is 3. The SMILES string of the molecule is O=c1cc(-c2cccc(Br)c2)oc2cc(O)c(O)c(O)c12. The predicted molar refractivity (Wildman–Crippen MR) is 80.6 cm³/mol. The van der Waals surface area contributed by atoms with Crippen molar-refractivity contribution in [2.24, 2.45) is 0 Å². The van der Waals surface area contributed by atoms with Gasteiger partial charge in [0.25, 0.3) is 0 Å². The van der Waals surface area contributed by atoms with E-state index in [1.54, 1.807) is 18.2 Å². The molecule has 3 N–H and O–H groups in total. The molecule has 21 heavy (non-hydrogen) atoms. The van der Waals surface area contributed by atoms with E-state index in [-0.39, 0.29) is 11.0 Å². The van der Waals surface area contributed by atoms with E-state index >= 15 is 0 Å². The Labute approximate surface area is 126 Å². The van der Waals surface area contributed by atoms with Crippen LogP contribution in [0.25, 0.3) is 22.3 Å². The van der Waals surface area contributed by atoms with Gasteiger partial charge in [-0.3, -0.25) is 4.79 Å². The van der Waals surface area contributed by atoms with Crippen LogP contribution in [0.4, 0.5) is 0 Å². The average molecular weight is 349 g/mol. The number of phenols is 3. The van der Waals surface area contributed by atoms with E-state index in [1.807, 2.05) is 6.07 Å². The molecule has 3 aromatic rings. The molecule has 0 unspecified atom stereocenters. The molecule has 0 bridgehead atoms. The van der Waals surface area contributed by atoms with Crippen molar-refractivity contribution >= 4 is 26.9 Å². The van der Waals surface area contributed by atoms with Gasteiger partial charge in [-0.1, -0.05) is 28.1 Å². The maximum absolute atomic E-state index is 12.1. The number of hydrogen-bond donors (Lipinski definition) is 3. The van der Waals surface area contributed by atoms with Crippen LogP contribution in [-0.4, -0.2) is 15.3 Å². The van der Waals surface area contributed by atoms with Gasteiger partial charge >= 0.3 is 0 Å². The van der Waals surface area contributed by atoms with Crippen molar-refractivity contribution < 1.29 is 19.7 Å². The molecular weight excluding hydrogens is 340 g/mol. The van der Waals surface area contributed by atoms with Gasteiger partial charge in [0, 0.05) is 22.2 Å². The minimum Gasteiger partial charge on any atom is -0.504 e. The molecule has 0 fully saturated rings. The number of phenolic OH excluding ortho intramolecular Hbond substituents is 3. The Hall–Kier alpha value is -2.47. The zero-order valence-corrected chi connectivity index (χ0v) is 12.1. The monoisotopic (exact) mass is 348 g/mol. The molecule has 0 amide bonds. The van der Waals surface area contributed by atoms with Crippen LogP contribution >= 0.6 is 15.9 Å². The van der Waals surface area contributed by atoms with Gasteiger partial charge in [0.15, 0.2) is 16.9 Å². The van der Waals surface area contributed by atoms with E-state index in [4.69, 9.17) is 4.42 Å². The summed E-state index contributed by atoms with van der Waals surface area (Å²) in [6, 6.07) is 9.46. The lowest BCUT2D eigenvalue weighted by Crippen LogP contribution is -2.01. The normalized spacial score (nSPS) is 10.9. The number of halogens is 1. The van der Waals surface area contributed by atoms with Crippen molar-refractivity contribution in [3.8, 4) is 28.6 Å². The van der Waals surface area contributed by atoms with Gasteiger partial charge in [0.05, 0.1) is 0 Å². The Morgan fingerprint density at radius 3 is 2.48 bits per heavy atom. The van der Waals surface area contributed by atoms with Crippen LogP contribution < -0.4 is 5.43 Å². The largest absolute Gasteiger partial charge is 0.504 e. The van der Waals surface area contributed by atoms with Crippen molar-refractivity contribution in [2.45, 2.75) is 0 Å². The highest BCUT2D eigenvalue weighted by Crippen LogP contribution is 2.40. The highest BCUT2D eigenvalue weighted by atomic mass is 79.9. The molecule has 1 heterocycles. The van der Waals surface area contributed by atoms with Crippen LogP contribution in [0.5, 0.6) is 17.2 Å². The Balaban J connectivity index is 2.34. The second-order valence-corrected chi connectivity index (χ2v) is 5.37. The number of benzene rings is 2. The molecule has 0 radical (unpaired) electrons. The first kappa shape index (κ1) is 13.5. The molecule has 0 aliphatic heterocycles. The van der Waals surface area contributed by atoms with Crippen LogP contribution in [0, 0.1) is 0 Å². The van der Waals surface area contributed by atoms with Crippen LogP contribution in [0.3, 0.4) is 0 Å². The number of hydrogen-bond acceptors (Lipinski definition) is 5. The third-order valence-corrected chi connectivity index (χ3v) is 3.55. The minimum absolute atomic E-state index is 0.00900. The molecule has 1 aromatic heterocycles. The molecule has 0 aliphatic carbocycles. The third-order valence-electron chi connectivity index (χ3n) is 3.06. The molecule has 0 saturated carbocycles. The van der Waals surface area contributed by atoms with Crippen molar-refractivity contribution in [3.05, 3.63) is 51.1 Å². The molecule has 0 aliphatic rings. The first-order valence-corrected chi connectivity index (χ1v) is 6.74. The van der Waals surface area contributed by atoms with Gasteiger partial charge in [-0.2, -0.15) is 0 Å². The van der Waals surface area contributed by atoms with E-state index in [9.17, 15) is 20.1 Å². The number of fused-ring (bicyclic) bond motifs is 1. The van der Waals surface area contributed by atoms with Crippen LogP contribution in [0.1, 0.15) is 0 Å². The Morgan fingerprint density at radius 2 is 1.76 bits per heavy atom. The van der Waals surface area contributed by atoms with Crippen molar-refractivity contribution in [1.29, 1.82) is 0 Å². The molecule has 0 spiro atoms. The van der Waals surface area contributed by atoms with E-state index in [0.29, 0.717) is 11.3 Å². The van der Waals surface area contributed by atoms with E-state index in [0.717, 1.165) is 10.5 Å². The standard InChI is InChI=1S/C15H9BrO5/c16-8-3-1-2-7(4-8)11-5-9(17)13-12(21-11)6-10(18)14(19)15(13)20/h1-6,18-20H. The summed E-state index contributed by atoms with van der Waals surface area (Å²) in [6.07, 6.45) is 0. The Kier molecular flexibility index (Phi) is 3.10. The average Bonchev–Trinajstić information content (AvgIpc) is 2.44. The third kappa shape index (κ3) is 2.23. The Bertz CT molecular complexity index is 914. The Morgan fingerprint density at radius 1 is 1.00 bits per heavy atom. The molecule has 0 atom stereocenters. The van der Waals surface area contributed by atoms with Gasteiger partial charge in [-0.15, -0.1) is 0 Å². The molecule has 3 rings (SSSR count). The summed E-state index contributed by atoms with van der Waals surface area (Å²) in [4.78, 5) is 12.1. The van der Waals surface area contributed by atoms with Gasteiger partial charge in [-0.05, 0) is 12.1 Å². The molecule has 0 saturated heterocycles. The molecule has 2 aromatic carbocycles. The maximum atomic E-state index is 12.1. The van der Waals surface area contributed by atoms with E-state index in [1.165, 1.54) is 6.07 Å². The lowest BCUT2D eigenvalue weighted by atomic mass is 10.1. The second kappa shape index (κ2) is 4.82. The highest BCUT2D eigenvalue weighted by Gasteiger charge is 2.17. The number of rotatable bonds is 1. The van der Waals surface area contributed by atoms with Crippen molar-refractivity contribution in [3.63, 3.8) is 0 Å².